The Hall–Kier alpha value is -4.22. The number of aromatic nitrogens is 2. The van der Waals surface area contributed by atoms with Crippen molar-refractivity contribution in [3.8, 4) is 5.75 Å². The van der Waals surface area contributed by atoms with Crippen LogP contribution in [0.3, 0.4) is 0 Å². The molecule has 1 amide bonds. The van der Waals surface area contributed by atoms with E-state index in [1.165, 1.54) is 35.0 Å². The molecule has 4 rings (SSSR count). The first-order valence-electron chi connectivity index (χ1n) is 9.55. The van der Waals surface area contributed by atoms with Crippen LogP contribution in [0.5, 0.6) is 5.75 Å². The molecule has 0 fully saturated rings. The molecule has 0 spiro atoms. The van der Waals surface area contributed by atoms with Gasteiger partial charge in [0.1, 0.15) is 18.2 Å². The monoisotopic (exact) mass is 481 g/mol. The van der Waals surface area contributed by atoms with E-state index in [1.54, 1.807) is 18.3 Å². The second-order valence-corrected chi connectivity index (χ2v) is 6.94. The zero-order chi connectivity index (χ0) is 24.4. The lowest BCUT2D eigenvalue weighted by Gasteiger charge is -2.09. The third kappa shape index (κ3) is 4.75. The Bertz CT molecular complexity index is 1340. The fraction of sp³-hybridized carbons (Fsp3) is 0.0909. The maximum atomic E-state index is 13.7. The molecular formula is C22H13F6N3O3. The van der Waals surface area contributed by atoms with Crippen LogP contribution < -0.4 is 10.1 Å². The summed E-state index contributed by atoms with van der Waals surface area (Å²) in [6, 6.07) is 9.86. The first-order valence-corrected chi connectivity index (χ1v) is 9.55. The Kier molecular flexibility index (Phi) is 6.30. The lowest BCUT2D eigenvalue weighted by molar-refractivity contribution is 0.0991. The molecule has 4 aromatic rings. The van der Waals surface area contributed by atoms with Crippen molar-refractivity contribution in [3.63, 3.8) is 0 Å². The number of furan rings is 1. The van der Waals surface area contributed by atoms with Crippen LogP contribution in [-0.2, 0) is 13.2 Å². The van der Waals surface area contributed by atoms with Gasteiger partial charge in [-0.25, -0.2) is 17.6 Å². The quantitative estimate of drug-likeness (QED) is 0.224. The van der Waals surface area contributed by atoms with Crippen LogP contribution in [0, 0.1) is 34.9 Å². The Morgan fingerprint density at radius 1 is 0.941 bits per heavy atom. The summed E-state index contributed by atoms with van der Waals surface area (Å²) in [6.45, 7) is -0.457. The number of hydrogen-bond donors (Lipinski definition) is 1. The van der Waals surface area contributed by atoms with Gasteiger partial charge in [-0.3, -0.25) is 9.48 Å². The van der Waals surface area contributed by atoms with Crippen molar-refractivity contribution in [3.05, 3.63) is 101 Å². The van der Waals surface area contributed by atoms with E-state index in [2.05, 4.69) is 15.2 Å². The van der Waals surface area contributed by atoms with Gasteiger partial charge in [-0.2, -0.15) is 13.9 Å². The number of amides is 1. The molecule has 1 N–H and O–H groups in total. The van der Waals surface area contributed by atoms with Gasteiger partial charge >= 0.3 is 0 Å². The number of rotatable bonds is 7. The highest BCUT2D eigenvalue weighted by Gasteiger charge is 2.27. The first kappa shape index (κ1) is 23.0. The number of carbonyl (C=O) groups is 1. The molecule has 0 saturated carbocycles. The zero-order valence-electron chi connectivity index (χ0n) is 16.9. The minimum atomic E-state index is -2.31. The minimum absolute atomic E-state index is 0.120. The molecule has 0 atom stereocenters. The third-order valence-corrected chi connectivity index (χ3v) is 4.53. The van der Waals surface area contributed by atoms with Crippen molar-refractivity contribution < 1.29 is 40.3 Å². The molecule has 34 heavy (non-hydrogen) atoms. The lowest BCUT2D eigenvalue weighted by atomic mass is 10.2. The molecule has 0 aliphatic rings. The van der Waals surface area contributed by atoms with Crippen molar-refractivity contribution >= 4 is 11.7 Å². The highest BCUT2D eigenvalue weighted by atomic mass is 19.2. The van der Waals surface area contributed by atoms with Crippen LogP contribution in [0.1, 0.15) is 21.9 Å². The number of carbonyl (C=O) groups excluding carboxylic acids is 1. The second-order valence-electron chi connectivity index (χ2n) is 6.94. The summed E-state index contributed by atoms with van der Waals surface area (Å²) in [7, 11) is 0. The number of nitrogens with zero attached hydrogens (tertiary/aromatic N) is 2. The molecule has 0 aliphatic carbocycles. The summed E-state index contributed by atoms with van der Waals surface area (Å²) in [6.07, 6.45) is 1.56. The average Bonchev–Trinajstić information content (AvgIpc) is 3.46. The molecule has 12 heteroatoms. The topological polar surface area (TPSA) is 69.3 Å². The standard InChI is InChI=1S/C22H13F6N3O3/c23-12-3-1-2-11(8-12)9-31-7-6-15(30-31)29-22(32)14-5-4-13(34-14)10-33-21-19(27)17(25)16(24)18(26)20(21)28/h1-8H,9-10H2,(H,29,30,32). The van der Waals surface area contributed by atoms with E-state index in [1.807, 2.05) is 0 Å². The van der Waals surface area contributed by atoms with Gasteiger partial charge in [0.15, 0.2) is 17.3 Å². The summed E-state index contributed by atoms with van der Waals surface area (Å²) >= 11 is 0. The zero-order valence-corrected chi connectivity index (χ0v) is 16.9. The van der Waals surface area contributed by atoms with E-state index in [9.17, 15) is 31.1 Å². The molecule has 0 radical (unpaired) electrons. The second kappa shape index (κ2) is 9.33. The maximum absolute atomic E-state index is 13.7. The fourth-order valence-electron chi connectivity index (χ4n) is 2.95. The summed E-state index contributed by atoms with van der Waals surface area (Å²) < 4.78 is 91.6. The molecule has 2 aromatic carbocycles. The van der Waals surface area contributed by atoms with Gasteiger partial charge in [0.2, 0.25) is 29.1 Å². The minimum Gasteiger partial charge on any atom is -0.479 e. The van der Waals surface area contributed by atoms with E-state index in [0.717, 1.165) is 0 Å². The van der Waals surface area contributed by atoms with Gasteiger partial charge in [0, 0.05) is 12.3 Å². The predicted octanol–water partition coefficient (Wildman–Crippen LogP) is 5.19. The van der Waals surface area contributed by atoms with Gasteiger partial charge in [-0.05, 0) is 29.8 Å². The molecule has 0 aliphatic heterocycles. The van der Waals surface area contributed by atoms with Gasteiger partial charge in [0.25, 0.3) is 5.91 Å². The maximum Gasteiger partial charge on any atom is 0.292 e. The lowest BCUT2D eigenvalue weighted by Crippen LogP contribution is -2.12. The van der Waals surface area contributed by atoms with Gasteiger partial charge in [0.05, 0.1) is 6.54 Å². The molecule has 0 bridgehead atoms. The van der Waals surface area contributed by atoms with Crippen molar-refractivity contribution in [1.82, 2.24) is 9.78 Å². The highest BCUT2D eigenvalue weighted by Crippen LogP contribution is 2.29. The van der Waals surface area contributed by atoms with E-state index < -0.39 is 53.2 Å². The normalized spacial score (nSPS) is 11.0. The SMILES string of the molecule is O=C(Nc1ccn(Cc2cccc(F)c2)n1)c1ccc(COc2c(F)c(F)c(F)c(F)c2F)o1. The number of hydrogen-bond acceptors (Lipinski definition) is 4. The summed E-state index contributed by atoms with van der Waals surface area (Å²) in [5, 5.41) is 6.60. The van der Waals surface area contributed by atoms with Gasteiger partial charge in [-0.1, -0.05) is 12.1 Å². The fourth-order valence-corrected chi connectivity index (χ4v) is 2.95. The summed E-state index contributed by atoms with van der Waals surface area (Å²) in [5.41, 5.74) is 0.658. The Labute approximate surface area is 187 Å². The number of nitrogens with one attached hydrogen (secondary N) is 1. The van der Waals surface area contributed by atoms with Gasteiger partial charge in [-0.15, -0.1) is 0 Å². The summed E-state index contributed by atoms with van der Waals surface area (Å²) in [4.78, 5) is 12.3. The van der Waals surface area contributed by atoms with Crippen LogP contribution in [-0.4, -0.2) is 15.7 Å². The van der Waals surface area contributed by atoms with Crippen LogP contribution >= 0.6 is 0 Å². The summed E-state index contributed by atoms with van der Waals surface area (Å²) in [5.74, 6) is -13.6. The Morgan fingerprint density at radius 2 is 1.65 bits per heavy atom. The predicted molar refractivity (Wildman–Crippen MR) is 105 cm³/mol. The van der Waals surface area contributed by atoms with Crippen molar-refractivity contribution in [2.45, 2.75) is 13.2 Å². The van der Waals surface area contributed by atoms with Crippen LogP contribution in [0.25, 0.3) is 0 Å². The van der Waals surface area contributed by atoms with Crippen molar-refractivity contribution in [2.75, 3.05) is 5.32 Å². The van der Waals surface area contributed by atoms with E-state index >= 15 is 0 Å². The van der Waals surface area contributed by atoms with E-state index in [0.29, 0.717) is 5.56 Å². The average molecular weight is 481 g/mol. The van der Waals surface area contributed by atoms with E-state index in [-0.39, 0.29) is 23.9 Å². The number of anilines is 1. The smallest absolute Gasteiger partial charge is 0.292 e. The number of halogens is 6. The largest absolute Gasteiger partial charge is 0.479 e. The van der Waals surface area contributed by atoms with Crippen molar-refractivity contribution in [2.24, 2.45) is 0 Å². The van der Waals surface area contributed by atoms with Crippen LogP contribution in [0.4, 0.5) is 32.2 Å². The molecule has 176 valence electrons. The highest BCUT2D eigenvalue weighted by molar-refractivity contribution is 6.01. The molecule has 0 unspecified atom stereocenters. The molecule has 6 nitrogen and oxygen atoms in total. The van der Waals surface area contributed by atoms with E-state index in [4.69, 9.17) is 4.42 Å². The van der Waals surface area contributed by atoms with Gasteiger partial charge < -0.3 is 14.5 Å². The van der Waals surface area contributed by atoms with Crippen molar-refractivity contribution in [1.29, 1.82) is 0 Å². The van der Waals surface area contributed by atoms with Crippen LogP contribution in [0.2, 0.25) is 0 Å². The molecular weight excluding hydrogens is 468 g/mol. The Balaban J connectivity index is 1.38. The molecule has 0 saturated heterocycles. The molecule has 2 aromatic heterocycles. The van der Waals surface area contributed by atoms with Crippen LogP contribution in [0.15, 0.2) is 53.1 Å². The Morgan fingerprint density at radius 3 is 2.35 bits per heavy atom. The third-order valence-electron chi connectivity index (χ3n) is 4.53. The number of ether oxygens (including phenoxy) is 1. The number of benzene rings is 2. The first-order chi connectivity index (χ1) is 16.2. The molecule has 2 heterocycles.